The number of allylic oxidation sites excluding steroid dienone is 2. The van der Waals surface area contributed by atoms with Gasteiger partial charge in [-0.3, -0.25) is 0 Å². The lowest BCUT2D eigenvalue weighted by molar-refractivity contribution is 0.447. The summed E-state index contributed by atoms with van der Waals surface area (Å²) in [5.41, 5.74) is 1.49. The molecule has 0 saturated heterocycles. The smallest absolute Gasteiger partial charge is 0.194 e. The molecule has 0 spiro atoms. The van der Waals surface area contributed by atoms with Gasteiger partial charge >= 0.3 is 0 Å². The van der Waals surface area contributed by atoms with Crippen molar-refractivity contribution in [1.82, 2.24) is 0 Å². The molecule has 1 aliphatic carbocycles. The van der Waals surface area contributed by atoms with E-state index in [9.17, 15) is 22.0 Å². The van der Waals surface area contributed by atoms with E-state index < -0.39 is 34.9 Å². The van der Waals surface area contributed by atoms with Crippen molar-refractivity contribution in [3.63, 3.8) is 0 Å². The van der Waals surface area contributed by atoms with Crippen LogP contribution in [0.4, 0.5) is 26.3 Å². The molecule has 0 aliphatic heterocycles. The van der Waals surface area contributed by atoms with Gasteiger partial charge in [0, 0.05) is 11.1 Å². The molecule has 0 heterocycles. The molecule has 3 aromatic rings. The Hall–Kier alpha value is -3.02. The third kappa shape index (κ3) is 4.06. The first kappa shape index (κ1) is 22.2. The van der Waals surface area contributed by atoms with Crippen LogP contribution in [0.2, 0.25) is 0 Å². The lowest BCUT2D eigenvalue weighted by atomic mass is 9.85. The summed E-state index contributed by atoms with van der Waals surface area (Å²) >= 11 is 0. The fourth-order valence-corrected chi connectivity index (χ4v) is 4.13. The van der Waals surface area contributed by atoms with E-state index in [0.29, 0.717) is 23.1 Å². The fraction of sp³-hybridized carbons (Fsp3) is 0.231. The van der Waals surface area contributed by atoms with Crippen LogP contribution in [0.15, 0.2) is 42.5 Å². The monoisotopic (exact) mass is 446 g/mol. The molecular formula is C26H20F6. The van der Waals surface area contributed by atoms with Crippen LogP contribution in [-0.2, 0) is 19.3 Å². The van der Waals surface area contributed by atoms with Crippen LogP contribution in [0.1, 0.15) is 42.0 Å². The predicted molar refractivity (Wildman–Crippen MR) is 112 cm³/mol. The molecule has 0 bridgehead atoms. The molecule has 3 aromatic carbocycles. The Balaban J connectivity index is 1.67. The Morgan fingerprint density at radius 1 is 0.781 bits per heavy atom. The topological polar surface area (TPSA) is 0 Å². The first-order valence-electron chi connectivity index (χ1n) is 10.4. The van der Waals surface area contributed by atoms with Crippen molar-refractivity contribution in [3.8, 4) is 11.1 Å². The molecule has 0 radical (unpaired) electrons. The van der Waals surface area contributed by atoms with Crippen molar-refractivity contribution >= 4 is 5.57 Å². The van der Waals surface area contributed by atoms with Gasteiger partial charge in [-0.05, 0) is 77.8 Å². The number of halogens is 6. The average Bonchev–Trinajstić information content (AvgIpc) is 2.75. The highest BCUT2D eigenvalue weighted by Gasteiger charge is 2.23. The molecule has 0 atom stereocenters. The number of fused-ring (bicyclic) bond motifs is 1. The van der Waals surface area contributed by atoms with E-state index in [1.165, 1.54) is 18.2 Å². The van der Waals surface area contributed by atoms with Gasteiger partial charge in [0.25, 0.3) is 0 Å². The molecule has 0 amide bonds. The van der Waals surface area contributed by atoms with E-state index in [2.05, 4.69) is 0 Å². The molecule has 1 aliphatic rings. The summed E-state index contributed by atoms with van der Waals surface area (Å²) in [6.45, 7) is 2.00. The van der Waals surface area contributed by atoms with Crippen molar-refractivity contribution in [3.05, 3.63) is 99.6 Å². The average molecular weight is 446 g/mol. The number of rotatable bonds is 5. The summed E-state index contributed by atoms with van der Waals surface area (Å²) in [6.07, 6.45) is 4.07. The van der Waals surface area contributed by atoms with Crippen LogP contribution in [0.5, 0.6) is 0 Å². The number of aryl methyl sites for hydroxylation is 1. The molecule has 4 rings (SSSR count). The minimum Gasteiger partial charge on any atom is -0.206 e. The van der Waals surface area contributed by atoms with Crippen LogP contribution in [0, 0.1) is 34.9 Å². The number of hydrogen-bond acceptors (Lipinski definition) is 0. The Morgan fingerprint density at radius 3 is 2.06 bits per heavy atom. The van der Waals surface area contributed by atoms with Gasteiger partial charge in [0.05, 0.1) is 0 Å². The van der Waals surface area contributed by atoms with E-state index in [0.717, 1.165) is 25.0 Å². The van der Waals surface area contributed by atoms with Gasteiger partial charge in [-0.25, -0.2) is 26.3 Å². The van der Waals surface area contributed by atoms with Gasteiger partial charge in [0.2, 0.25) is 0 Å². The van der Waals surface area contributed by atoms with Crippen molar-refractivity contribution in [1.29, 1.82) is 0 Å². The van der Waals surface area contributed by atoms with Crippen molar-refractivity contribution in [2.75, 3.05) is 0 Å². The Labute approximate surface area is 182 Å². The largest absolute Gasteiger partial charge is 0.206 e. The molecular weight excluding hydrogens is 426 g/mol. The Bertz CT molecular complexity index is 1180. The van der Waals surface area contributed by atoms with E-state index in [1.807, 2.05) is 6.92 Å². The van der Waals surface area contributed by atoms with Crippen LogP contribution in [0.3, 0.4) is 0 Å². The second-order valence-electron chi connectivity index (χ2n) is 7.97. The fourth-order valence-electron chi connectivity index (χ4n) is 4.13. The molecule has 0 N–H and O–H groups in total. The molecule has 32 heavy (non-hydrogen) atoms. The molecule has 166 valence electrons. The maximum Gasteiger partial charge on any atom is 0.194 e. The standard InChI is InChI=1S/C26H20F6/c1-2-3-4-14-9-20(27)24(21(28)10-14)16-6-8-18-15(11-16)5-7-19(25(18)31)17-12-22(29)26(32)23(30)13-17/h5-7,9-10,12-13H,2-4,8,11H2,1H3. The summed E-state index contributed by atoms with van der Waals surface area (Å²) in [7, 11) is 0. The summed E-state index contributed by atoms with van der Waals surface area (Å²) < 4.78 is 85.0. The lowest BCUT2D eigenvalue weighted by Gasteiger charge is -2.21. The SMILES string of the molecule is CCCCc1cc(F)c(C2=CCc3c(ccc(-c4cc(F)c(F)c(F)c4)c3F)C2)c(F)c1. The zero-order valence-corrected chi connectivity index (χ0v) is 17.3. The Morgan fingerprint density at radius 2 is 1.44 bits per heavy atom. The van der Waals surface area contributed by atoms with Crippen LogP contribution in [-0.4, -0.2) is 0 Å². The summed E-state index contributed by atoms with van der Waals surface area (Å²) in [4.78, 5) is 0. The first-order chi connectivity index (χ1) is 15.3. The zero-order valence-electron chi connectivity index (χ0n) is 17.3. The normalized spacial score (nSPS) is 13.2. The third-order valence-corrected chi connectivity index (χ3v) is 5.81. The van der Waals surface area contributed by atoms with Gasteiger partial charge in [-0.15, -0.1) is 0 Å². The van der Waals surface area contributed by atoms with Gasteiger partial charge in [-0.1, -0.05) is 31.6 Å². The van der Waals surface area contributed by atoms with Crippen LogP contribution in [0.25, 0.3) is 16.7 Å². The second kappa shape index (κ2) is 8.85. The highest BCUT2D eigenvalue weighted by Crippen LogP contribution is 2.36. The van der Waals surface area contributed by atoms with Gasteiger partial charge in [0.15, 0.2) is 17.5 Å². The van der Waals surface area contributed by atoms with Gasteiger partial charge < -0.3 is 0 Å². The van der Waals surface area contributed by atoms with Crippen molar-refractivity contribution < 1.29 is 26.3 Å². The molecule has 6 heteroatoms. The molecule has 0 saturated carbocycles. The van der Waals surface area contributed by atoms with E-state index in [1.54, 1.807) is 12.1 Å². The number of unbranched alkanes of at least 4 members (excludes halogenated alkanes) is 1. The molecule has 0 fully saturated rings. The minimum atomic E-state index is -1.62. The van der Waals surface area contributed by atoms with E-state index >= 15 is 4.39 Å². The maximum atomic E-state index is 15.1. The van der Waals surface area contributed by atoms with Gasteiger partial charge in [0.1, 0.15) is 17.5 Å². The summed E-state index contributed by atoms with van der Waals surface area (Å²) in [5, 5.41) is 0. The van der Waals surface area contributed by atoms with Crippen LogP contribution < -0.4 is 0 Å². The predicted octanol–water partition coefficient (Wildman–Crippen LogP) is 7.71. The summed E-state index contributed by atoms with van der Waals surface area (Å²) in [5.74, 6) is -6.44. The quantitative estimate of drug-likeness (QED) is 0.278. The first-order valence-corrected chi connectivity index (χ1v) is 10.4. The zero-order chi connectivity index (χ0) is 23.0. The molecule has 0 unspecified atom stereocenters. The van der Waals surface area contributed by atoms with Gasteiger partial charge in [-0.2, -0.15) is 0 Å². The minimum absolute atomic E-state index is 0.0625. The molecule has 0 aromatic heterocycles. The van der Waals surface area contributed by atoms with Crippen molar-refractivity contribution in [2.24, 2.45) is 0 Å². The highest BCUT2D eigenvalue weighted by molar-refractivity contribution is 5.74. The summed E-state index contributed by atoms with van der Waals surface area (Å²) in [6, 6.07) is 7.04. The highest BCUT2D eigenvalue weighted by atomic mass is 19.2. The molecule has 0 nitrogen and oxygen atoms in total. The second-order valence-corrected chi connectivity index (χ2v) is 7.97. The van der Waals surface area contributed by atoms with Crippen molar-refractivity contribution in [2.45, 2.75) is 39.0 Å². The lowest BCUT2D eigenvalue weighted by Crippen LogP contribution is -2.09. The number of hydrogen-bond donors (Lipinski definition) is 0. The number of benzene rings is 3. The maximum absolute atomic E-state index is 15.1. The van der Waals surface area contributed by atoms with E-state index in [-0.39, 0.29) is 35.1 Å². The van der Waals surface area contributed by atoms with Crippen LogP contribution >= 0.6 is 0 Å². The van der Waals surface area contributed by atoms with E-state index in [4.69, 9.17) is 0 Å². The third-order valence-electron chi connectivity index (χ3n) is 5.81. The Kier molecular flexibility index (Phi) is 6.13.